The molecule has 4 rings (SSSR count). The number of nitrogens with zero attached hydrogens (tertiary/aromatic N) is 3. The first kappa shape index (κ1) is 19.8. The third kappa shape index (κ3) is 3.86. The third-order valence-corrected chi connectivity index (χ3v) is 7.53. The van der Waals surface area contributed by atoms with Crippen LogP contribution in [0.3, 0.4) is 0 Å². The van der Waals surface area contributed by atoms with Gasteiger partial charge in [0.1, 0.15) is 11.9 Å². The number of sulfonamides is 1. The van der Waals surface area contributed by atoms with Crippen molar-refractivity contribution in [2.24, 2.45) is 0 Å². The molecule has 0 radical (unpaired) electrons. The number of rotatable bonds is 3. The van der Waals surface area contributed by atoms with Gasteiger partial charge in [0.2, 0.25) is 15.9 Å². The van der Waals surface area contributed by atoms with Crippen LogP contribution in [0.15, 0.2) is 47.6 Å². The second-order valence-corrected chi connectivity index (χ2v) is 9.58. The van der Waals surface area contributed by atoms with Crippen LogP contribution in [0, 0.1) is 0 Å². The van der Waals surface area contributed by atoms with Gasteiger partial charge in [0.05, 0.1) is 17.1 Å². The molecule has 8 heteroatoms. The molecule has 154 valence electrons. The number of amides is 1. The first-order valence-electron chi connectivity index (χ1n) is 9.85. The van der Waals surface area contributed by atoms with Gasteiger partial charge in [-0.15, -0.1) is 0 Å². The van der Waals surface area contributed by atoms with E-state index in [0.29, 0.717) is 37.0 Å². The molecular formula is C21H25N3O4S. The molecule has 0 spiro atoms. The summed E-state index contributed by atoms with van der Waals surface area (Å²) in [6, 6.07) is 8.77. The number of hydrogen-bond acceptors (Lipinski definition) is 5. The highest BCUT2D eigenvalue weighted by Gasteiger charge is 2.32. The molecule has 0 unspecified atom stereocenters. The van der Waals surface area contributed by atoms with Gasteiger partial charge in [-0.05, 0) is 61.6 Å². The van der Waals surface area contributed by atoms with Crippen molar-refractivity contribution in [3.8, 4) is 5.75 Å². The molecule has 1 fully saturated rings. The number of carbonyl (C=O) groups excluding carboxylic acids is 1. The molecule has 2 aliphatic heterocycles. The number of ether oxygens (including phenoxy) is 1. The standard InChI is InChI=1S/C21H25N3O4S/c1-15-14-24(16(2)25)20-13-19(3-4-21(20)28-15)29(26,27)23-11-7-18(8-12-23)17-5-9-22-10-6-17/h3-6,9-10,13,15,18H,7-8,11-12,14H2,1-2H3/t15-/m0/s1. The summed E-state index contributed by atoms with van der Waals surface area (Å²) < 4.78 is 33.8. The maximum atomic E-state index is 13.2. The molecule has 0 saturated carbocycles. The zero-order valence-corrected chi connectivity index (χ0v) is 17.4. The normalized spacial score (nSPS) is 20.8. The van der Waals surface area contributed by atoms with Crippen molar-refractivity contribution in [2.75, 3.05) is 24.5 Å². The molecule has 1 atom stereocenters. The summed E-state index contributed by atoms with van der Waals surface area (Å²) in [5, 5.41) is 0. The molecular weight excluding hydrogens is 390 g/mol. The van der Waals surface area contributed by atoms with E-state index in [0.717, 1.165) is 12.8 Å². The van der Waals surface area contributed by atoms with Gasteiger partial charge < -0.3 is 9.64 Å². The molecule has 2 aromatic rings. The predicted octanol–water partition coefficient (Wildman–Crippen LogP) is 2.78. The molecule has 3 heterocycles. The summed E-state index contributed by atoms with van der Waals surface area (Å²) in [6.45, 7) is 4.71. The highest BCUT2D eigenvalue weighted by molar-refractivity contribution is 7.89. The molecule has 1 saturated heterocycles. The Morgan fingerprint density at radius 2 is 1.83 bits per heavy atom. The van der Waals surface area contributed by atoms with Crippen LogP contribution in [0.5, 0.6) is 5.75 Å². The monoisotopic (exact) mass is 415 g/mol. The first-order chi connectivity index (χ1) is 13.9. The highest BCUT2D eigenvalue weighted by atomic mass is 32.2. The van der Waals surface area contributed by atoms with E-state index in [4.69, 9.17) is 4.74 Å². The van der Waals surface area contributed by atoms with Crippen molar-refractivity contribution in [3.05, 3.63) is 48.3 Å². The van der Waals surface area contributed by atoms with Crippen molar-refractivity contribution in [2.45, 2.75) is 43.6 Å². The molecule has 0 N–H and O–H groups in total. The van der Waals surface area contributed by atoms with E-state index in [-0.39, 0.29) is 16.9 Å². The molecule has 29 heavy (non-hydrogen) atoms. The Balaban J connectivity index is 1.56. The van der Waals surface area contributed by atoms with Crippen molar-refractivity contribution in [3.63, 3.8) is 0 Å². The van der Waals surface area contributed by atoms with E-state index >= 15 is 0 Å². The lowest BCUT2D eigenvalue weighted by Crippen LogP contribution is -2.41. The van der Waals surface area contributed by atoms with E-state index in [2.05, 4.69) is 4.98 Å². The van der Waals surface area contributed by atoms with Crippen molar-refractivity contribution >= 4 is 21.6 Å². The van der Waals surface area contributed by atoms with Crippen LogP contribution in [-0.2, 0) is 14.8 Å². The fourth-order valence-electron chi connectivity index (χ4n) is 4.09. The molecule has 0 aliphatic carbocycles. The number of aromatic nitrogens is 1. The Morgan fingerprint density at radius 1 is 1.14 bits per heavy atom. The minimum atomic E-state index is -3.64. The van der Waals surface area contributed by atoms with Gasteiger partial charge in [-0.3, -0.25) is 9.78 Å². The maximum absolute atomic E-state index is 13.2. The summed E-state index contributed by atoms with van der Waals surface area (Å²) in [7, 11) is -3.64. The van der Waals surface area contributed by atoms with Crippen molar-refractivity contribution in [1.29, 1.82) is 0 Å². The van der Waals surface area contributed by atoms with Gasteiger partial charge in [-0.2, -0.15) is 4.31 Å². The van der Waals surface area contributed by atoms with Gasteiger partial charge in [0, 0.05) is 32.4 Å². The number of fused-ring (bicyclic) bond motifs is 1. The smallest absolute Gasteiger partial charge is 0.243 e. The Labute approximate surface area is 171 Å². The molecule has 0 bridgehead atoms. The summed E-state index contributed by atoms with van der Waals surface area (Å²) in [4.78, 5) is 17.9. The van der Waals surface area contributed by atoms with Crippen LogP contribution in [0.1, 0.15) is 38.2 Å². The Bertz CT molecular complexity index is 1000. The third-order valence-electron chi connectivity index (χ3n) is 5.64. The average Bonchev–Trinajstić information content (AvgIpc) is 2.73. The lowest BCUT2D eigenvalue weighted by Gasteiger charge is -2.34. The SMILES string of the molecule is CC(=O)N1C[C@H](C)Oc2ccc(S(=O)(=O)N3CCC(c4ccncc4)CC3)cc21. The number of anilines is 1. The van der Waals surface area contributed by atoms with Crippen LogP contribution in [0.2, 0.25) is 0 Å². The fraction of sp³-hybridized carbons (Fsp3) is 0.429. The van der Waals surface area contributed by atoms with E-state index in [1.165, 1.54) is 16.8 Å². The zero-order valence-electron chi connectivity index (χ0n) is 16.6. The van der Waals surface area contributed by atoms with Crippen LogP contribution in [0.4, 0.5) is 5.69 Å². The Kier molecular flexibility index (Phi) is 5.31. The summed E-state index contributed by atoms with van der Waals surface area (Å²) in [5.41, 5.74) is 1.72. The molecule has 1 amide bonds. The van der Waals surface area contributed by atoms with Gasteiger partial charge in [-0.1, -0.05) is 0 Å². The number of hydrogen-bond donors (Lipinski definition) is 0. The van der Waals surface area contributed by atoms with Crippen LogP contribution >= 0.6 is 0 Å². The molecule has 7 nitrogen and oxygen atoms in total. The Hall–Kier alpha value is -2.45. The zero-order chi connectivity index (χ0) is 20.6. The lowest BCUT2D eigenvalue weighted by molar-refractivity contribution is -0.117. The highest BCUT2D eigenvalue weighted by Crippen LogP contribution is 2.37. The Morgan fingerprint density at radius 3 is 2.48 bits per heavy atom. The van der Waals surface area contributed by atoms with Crippen LogP contribution < -0.4 is 9.64 Å². The minimum absolute atomic E-state index is 0.130. The summed E-state index contributed by atoms with van der Waals surface area (Å²) in [6.07, 6.45) is 4.95. The lowest BCUT2D eigenvalue weighted by atomic mass is 9.91. The number of piperidine rings is 1. The predicted molar refractivity (Wildman–Crippen MR) is 110 cm³/mol. The topological polar surface area (TPSA) is 79.8 Å². The van der Waals surface area contributed by atoms with Gasteiger partial charge >= 0.3 is 0 Å². The van der Waals surface area contributed by atoms with E-state index in [1.54, 1.807) is 35.5 Å². The van der Waals surface area contributed by atoms with E-state index in [9.17, 15) is 13.2 Å². The largest absolute Gasteiger partial charge is 0.487 e. The van der Waals surface area contributed by atoms with Crippen LogP contribution in [-0.4, -0.2) is 49.4 Å². The summed E-state index contributed by atoms with van der Waals surface area (Å²) in [5.74, 6) is 0.750. The number of benzene rings is 1. The molecule has 2 aliphatic rings. The number of carbonyl (C=O) groups is 1. The second-order valence-electron chi connectivity index (χ2n) is 7.65. The van der Waals surface area contributed by atoms with Gasteiger partial charge in [0.15, 0.2) is 0 Å². The van der Waals surface area contributed by atoms with Crippen LogP contribution in [0.25, 0.3) is 0 Å². The summed E-state index contributed by atoms with van der Waals surface area (Å²) >= 11 is 0. The number of pyridine rings is 1. The quantitative estimate of drug-likeness (QED) is 0.770. The first-order valence-corrected chi connectivity index (χ1v) is 11.3. The van der Waals surface area contributed by atoms with Crippen molar-refractivity contribution in [1.82, 2.24) is 9.29 Å². The molecule has 1 aromatic heterocycles. The maximum Gasteiger partial charge on any atom is 0.243 e. The van der Waals surface area contributed by atoms with Gasteiger partial charge in [0.25, 0.3) is 0 Å². The molecule has 1 aromatic carbocycles. The van der Waals surface area contributed by atoms with E-state index in [1.807, 2.05) is 19.1 Å². The second kappa shape index (κ2) is 7.76. The van der Waals surface area contributed by atoms with Gasteiger partial charge in [-0.25, -0.2) is 8.42 Å². The minimum Gasteiger partial charge on any atom is -0.487 e. The van der Waals surface area contributed by atoms with E-state index < -0.39 is 10.0 Å². The average molecular weight is 416 g/mol. The van der Waals surface area contributed by atoms with Crippen molar-refractivity contribution < 1.29 is 17.9 Å². The fourth-order valence-corrected chi connectivity index (χ4v) is 5.58.